The van der Waals surface area contributed by atoms with E-state index in [1.165, 1.54) is 19.2 Å². The third-order valence-corrected chi connectivity index (χ3v) is 3.92. The van der Waals surface area contributed by atoms with Crippen LogP contribution in [-0.2, 0) is 14.0 Å². The zero-order chi connectivity index (χ0) is 15.8. The molecule has 1 fully saturated rings. The highest BCUT2D eigenvalue weighted by atomic mass is 19.2. The zero-order valence-electron chi connectivity index (χ0n) is 12.8. The van der Waals surface area contributed by atoms with Crippen LogP contribution in [0.15, 0.2) is 12.1 Å². The van der Waals surface area contributed by atoms with Gasteiger partial charge >= 0.3 is 7.12 Å². The van der Waals surface area contributed by atoms with Gasteiger partial charge in [-0.15, -0.1) is 0 Å². The van der Waals surface area contributed by atoms with Gasteiger partial charge < -0.3 is 18.8 Å². The fourth-order valence-electron chi connectivity index (χ4n) is 1.93. The van der Waals surface area contributed by atoms with Crippen molar-refractivity contribution in [2.45, 2.75) is 38.9 Å². The molecular formula is C14H19BF2O4. The van der Waals surface area contributed by atoms with Gasteiger partial charge in [0.15, 0.2) is 24.2 Å². The van der Waals surface area contributed by atoms with E-state index in [9.17, 15) is 8.78 Å². The van der Waals surface area contributed by atoms with E-state index in [1.807, 2.05) is 27.7 Å². The molecule has 0 saturated carbocycles. The molecule has 0 N–H and O–H groups in total. The topological polar surface area (TPSA) is 36.9 Å². The van der Waals surface area contributed by atoms with Crippen molar-refractivity contribution in [3.05, 3.63) is 23.8 Å². The minimum atomic E-state index is -1.08. The van der Waals surface area contributed by atoms with Gasteiger partial charge in [0.1, 0.15) is 0 Å². The first-order valence-corrected chi connectivity index (χ1v) is 6.65. The normalized spacial score (nSPS) is 19.9. The molecule has 0 aromatic heterocycles. The van der Waals surface area contributed by atoms with Crippen molar-refractivity contribution >= 4 is 12.6 Å². The minimum Gasteiger partial charge on any atom is -0.464 e. The zero-order valence-corrected chi connectivity index (χ0v) is 12.8. The average molecular weight is 300 g/mol. The molecule has 0 bridgehead atoms. The van der Waals surface area contributed by atoms with Crippen molar-refractivity contribution in [1.82, 2.24) is 0 Å². The van der Waals surface area contributed by atoms with Crippen LogP contribution in [0.1, 0.15) is 27.7 Å². The van der Waals surface area contributed by atoms with Crippen molar-refractivity contribution in [3.8, 4) is 5.75 Å². The molecule has 0 radical (unpaired) electrons. The summed E-state index contributed by atoms with van der Waals surface area (Å²) in [6.07, 6.45) is 0. The first kappa shape index (κ1) is 16.2. The van der Waals surface area contributed by atoms with Crippen molar-refractivity contribution in [1.29, 1.82) is 0 Å². The van der Waals surface area contributed by atoms with Gasteiger partial charge in [-0.25, -0.2) is 4.39 Å². The summed E-state index contributed by atoms with van der Waals surface area (Å²) in [5, 5.41) is 0. The predicted octanol–water partition coefficient (Wildman–Crippen LogP) is 2.25. The lowest BCUT2D eigenvalue weighted by molar-refractivity contribution is 0.00578. The van der Waals surface area contributed by atoms with Gasteiger partial charge in [0.25, 0.3) is 0 Å². The van der Waals surface area contributed by atoms with Crippen LogP contribution >= 0.6 is 0 Å². The molecule has 1 aromatic rings. The first-order chi connectivity index (χ1) is 9.69. The average Bonchev–Trinajstić information content (AvgIpc) is 2.60. The standard InChI is InChI=1S/C14H19BF2O4/c1-13(2)14(3,4)21-15(20-13)9-6-7-10(19-8-18-5)12(17)11(9)16/h6-7H,8H2,1-5H3. The number of methoxy groups -OCH3 is 1. The third kappa shape index (κ3) is 2.91. The fourth-order valence-corrected chi connectivity index (χ4v) is 1.93. The Morgan fingerprint density at radius 3 is 2.14 bits per heavy atom. The van der Waals surface area contributed by atoms with Crippen LogP contribution in [-0.4, -0.2) is 32.2 Å². The van der Waals surface area contributed by atoms with E-state index >= 15 is 0 Å². The summed E-state index contributed by atoms with van der Waals surface area (Å²) in [7, 11) is 0.438. The highest BCUT2D eigenvalue weighted by Gasteiger charge is 2.52. The Kier molecular flexibility index (Phi) is 4.28. The maximum atomic E-state index is 14.2. The largest absolute Gasteiger partial charge is 0.497 e. The van der Waals surface area contributed by atoms with Crippen LogP contribution in [0.5, 0.6) is 5.75 Å². The molecule has 1 saturated heterocycles. The van der Waals surface area contributed by atoms with Crippen LogP contribution < -0.4 is 10.2 Å². The second kappa shape index (κ2) is 5.55. The van der Waals surface area contributed by atoms with Crippen LogP contribution in [0.3, 0.4) is 0 Å². The maximum Gasteiger partial charge on any atom is 0.497 e. The molecule has 116 valence electrons. The quantitative estimate of drug-likeness (QED) is 0.631. The summed E-state index contributed by atoms with van der Waals surface area (Å²) in [5.74, 6) is -2.34. The molecule has 0 amide bonds. The molecule has 0 unspecified atom stereocenters. The van der Waals surface area contributed by atoms with E-state index in [0.717, 1.165) is 0 Å². The first-order valence-electron chi connectivity index (χ1n) is 6.65. The molecule has 0 spiro atoms. The molecule has 0 atom stereocenters. The van der Waals surface area contributed by atoms with Gasteiger partial charge in [0, 0.05) is 12.6 Å². The number of benzene rings is 1. The number of hydrogen-bond acceptors (Lipinski definition) is 4. The molecule has 1 aromatic carbocycles. The summed E-state index contributed by atoms with van der Waals surface area (Å²) in [4.78, 5) is 0. The maximum absolute atomic E-state index is 14.2. The summed E-state index contributed by atoms with van der Waals surface area (Å²) in [6, 6.07) is 2.73. The summed E-state index contributed by atoms with van der Waals surface area (Å²) >= 11 is 0. The second-order valence-corrected chi connectivity index (χ2v) is 5.92. The Bertz CT molecular complexity index is 518. The number of ether oxygens (including phenoxy) is 2. The molecule has 1 heterocycles. The highest BCUT2D eigenvalue weighted by molar-refractivity contribution is 6.62. The van der Waals surface area contributed by atoms with E-state index < -0.39 is 30.0 Å². The van der Waals surface area contributed by atoms with Crippen LogP contribution in [0.2, 0.25) is 0 Å². The Hall–Kier alpha value is -1.18. The van der Waals surface area contributed by atoms with E-state index in [2.05, 4.69) is 4.74 Å². The number of hydrogen-bond donors (Lipinski definition) is 0. The molecule has 1 aliphatic rings. The van der Waals surface area contributed by atoms with Gasteiger partial charge in [-0.2, -0.15) is 4.39 Å². The van der Waals surface area contributed by atoms with E-state index in [4.69, 9.17) is 14.0 Å². The van der Waals surface area contributed by atoms with Crippen molar-refractivity contribution in [2.24, 2.45) is 0 Å². The lowest BCUT2D eigenvalue weighted by Gasteiger charge is -2.32. The van der Waals surface area contributed by atoms with Gasteiger partial charge in [0.2, 0.25) is 0 Å². The molecule has 7 heteroatoms. The summed E-state index contributed by atoms with van der Waals surface area (Å²) in [6.45, 7) is 7.22. The van der Waals surface area contributed by atoms with Gasteiger partial charge in [-0.1, -0.05) is 6.07 Å². The minimum absolute atomic E-state index is 0.0101. The number of halogens is 2. The fraction of sp³-hybridized carbons (Fsp3) is 0.571. The van der Waals surface area contributed by atoms with Crippen LogP contribution in [0.4, 0.5) is 8.78 Å². The molecule has 1 aliphatic heterocycles. The summed E-state index contributed by atoms with van der Waals surface area (Å²) in [5.41, 5.74) is -1.23. The van der Waals surface area contributed by atoms with Gasteiger partial charge in [-0.05, 0) is 33.8 Å². The van der Waals surface area contributed by atoms with E-state index in [-0.39, 0.29) is 18.0 Å². The lowest BCUT2D eigenvalue weighted by Crippen LogP contribution is -2.41. The second-order valence-electron chi connectivity index (χ2n) is 5.92. The van der Waals surface area contributed by atoms with Gasteiger partial charge in [0.05, 0.1) is 11.2 Å². The Labute approximate surface area is 123 Å². The smallest absolute Gasteiger partial charge is 0.464 e. The monoisotopic (exact) mass is 300 g/mol. The molecule has 2 rings (SSSR count). The molecule has 21 heavy (non-hydrogen) atoms. The van der Waals surface area contributed by atoms with Crippen molar-refractivity contribution < 1.29 is 27.6 Å². The Morgan fingerprint density at radius 2 is 1.62 bits per heavy atom. The van der Waals surface area contributed by atoms with Crippen molar-refractivity contribution in [3.63, 3.8) is 0 Å². The van der Waals surface area contributed by atoms with Crippen LogP contribution in [0, 0.1) is 11.6 Å². The Balaban J connectivity index is 2.29. The van der Waals surface area contributed by atoms with E-state index in [1.54, 1.807) is 0 Å². The SMILES string of the molecule is COCOc1ccc(B2OC(C)(C)C(C)(C)O2)c(F)c1F. The lowest BCUT2D eigenvalue weighted by atomic mass is 9.78. The third-order valence-electron chi connectivity index (χ3n) is 3.92. The summed E-state index contributed by atoms with van der Waals surface area (Å²) < 4.78 is 49.2. The van der Waals surface area contributed by atoms with Gasteiger partial charge in [-0.3, -0.25) is 0 Å². The van der Waals surface area contributed by atoms with Crippen LogP contribution in [0.25, 0.3) is 0 Å². The number of rotatable bonds is 4. The molecule has 0 aliphatic carbocycles. The molecular weight excluding hydrogens is 281 g/mol. The Morgan fingerprint density at radius 1 is 1.05 bits per heavy atom. The van der Waals surface area contributed by atoms with E-state index in [0.29, 0.717) is 0 Å². The predicted molar refractivity (Wildman–Crippen MR) is 74.6 cm³/mol. The van der Waals surface area contributed by atoms with Crippen molar-refractivity contribution in [2.75, 3.05) is 13.9 Å². The highest BCUT2D eigenvalue weighted by Crippen LogP contribution is 2.37. The molecule has 4 nitrogen and oxygen atoms in total.